The SMILES string of the molecule is O=C(CNc1ccc(F)cc1)NN=Cc1cccc(Oc2ccccc2)c1. The Hall–Kier alpha value is -3.67. The Morgan fingerprint density at radius 3 is 2.48 bits per heavy atom. The van der Waals surface area contributed by atoms with E-state index in [-0.39, 0.29) is 18.3 Å². The molecule has 2 N–H and O–H groups in total. The van der Waals surface area contributed by atoms with Crippen LogP contribution in [0.4, 0.5) is 10.1 Å². The molecule has 0 fully saturated rings. The monoisotopic (exact) mass is 363 g/mol. The van der Waals surface area contributed by atoms with Gasteiger partial charge in [0.15, 0.2) is 0 Å². The van der Waals surface area contributed by atoms with Crippen LogP contribution in [0, 0.1) is 5.82 Å². The summed E-state index contributed by atoms with van der Waals surface area (Å²) in [7, 11) is 0. The molecule has 5 nitrogen and oxygen atoms in total. The first-order valence-corrected chi connectivity index (χ1v) is 8.33. The second-order valence-corrected chi connectivity index (χ2v) is 5.64. The van der Waals surface area contributed by atoms with E-state index in [1.165, 1.54) is 18.3 Å². The van der Waals surface area contributed by atoms with Crippen molar-refractivity contribution < 1.29 is 13.9 Å². The van der Waals surface area contributed by atoms with Crippen LogP contribution in [0.5, 0.6) is 11.5 Å². The number of hydrogen-bond donors (Lipinski definition) is 2. The number of carbonyl (C=O) groups excluding carboxylic acids is 1. The van der Waals surface area contributed by atoms with Crippen LogP contribution in [0.2, 0.25) is 0 Å². The molecule has 0 aliphatic rings. The third-order valence-electron chi connectivity index (χ3n) is 3.54. The van der Waals surface area contributed by atoms with Crippen molar-refractivity contribution >= 4 is 17.8 Å². The van der Waals surface area contributed by atoms with Crippen LogP contribution in [0.3, 0.4) is 0 Å². The summed E-state index contributed by atoms with van der Waals surface area (Å²) < 4.78 is 18.6. The first-order valence-electron chi connectivity index (χ1n) is 8.33. The highest BCUT2D eigenvalue weighted by Gasteiger charge is 2.00. The molecule has 1 amide bonds. The maximum Gasteiger partial charge on any atom is 0.259 e. The zero-order valence-corrected chi connectivity index (χ0v) is 14.4. The number of benzene rings is 3. The summed E-state index contributed by atoms with van der Waals surface area (Å²) in [6.45, 7) is 0.0279. The molecule has 0 saturated carbocycles. The molecule has 27 heavy (non-hydrogen) atoms. The Labute approximate surface area is 156 Å². The molecule has 0 aromatic heterocycles. The molecular weight excluding hydrogens is 345 g/mol. The minimum atomic E-state index is -0.326. The largest absolute Gasteiger partial charge is 0.457 e. The lowest BCUT2D eigenvalue weighted by Crippen LogP contribution is -2.25. The van der Waals surface area contributed by atoms with Crippen LogP contribution in [0.25, 0.3) is 0 Å². The zero-order valence-electron chi connectivity index (χ0n) is 14.4. The minimum absolute atomic E-state index is 0.0279. The smallest absolute Gasteiger partial charge is 0.259 e. The predicted molar refractivity (Wildman–Crippen MR) is 104 cm³/mol. The van der Waals surface area contributed by atoms with Crippen molar-refractivity contribution in [1.82, 2.24) is 5.43 Å². The van der Waals surface area contributed by atoms with Crippen LogP contribution < -0.4 is 15.5 Å². The molecule has 0 heterocycles. The second kappa shape index (κ2) is 9.15. The van der Waals surface area contributed by atoms with E-state index in [1.54, 1.807) is 12.1 Å². The van der Waals surface area contributed by atoms with Crippen LogP contribution in [-0.4, -0.2) is 18.7 Å². The highest BCUT2D eigenvalue weighted by Crippen LogP contribution is 2.21. The van der Waals surface area contributed by atoms with Gasteiger partial charge >= 0.3 is 0 Å². The maximum atomic E-state index is 12.8. The first-order chi connectivity index (χ1) is 13.2. The van der Waals surface area contributed by atoms with Gasteiger partial charge in [0, 0.05) is 5.69 Å². The standard InChI is InChI=1S/C21H18FN3O2/c22-17-9-11-18(12-10-17)23-15-21(26)25-24-14-16-5-4-8-20(13-16)27-19-6-2-1-3-7-19/h1-14,23H,15H2,(H,25,26). The van der Waals surface area contributed by atoms with Crippen molar-refractivity contribution in [2.45, 2.75) is 0 Å². The number of halogens is 1. The fraction of sp³-hybridized carbons (Fsp3) is 0.0476. The number of ether oxygens (including phenoxy) is 1. The number of nitrogens with zero attached hydrogens (tertiary/aromatic N) is 1. The molecule has 0 atom stereocenters. The average molecular weight is 363 g/mol. The first kappa shape index (κ1) is 18.1. The number of hydrazone groups is 1. The van der Waals surface area contributed by atoms with Gasteiger partial charge in [-0.2, -0.15) is 5.10 Å². The molecule has 3 aromatic rings. The fourth-order valence-corrected chi connectivity index (χ4v) is 2.25. The van der Waals surface area contributed by atoms with Gasteiger partial charge in [-0.25, -0.2) is 9.82 Å². The zero-order chi connectivity index (χ0) is 18.9. The molecule has 0 bridgehead atoms. The van der Waals surface area contributed by atoms with E-state index in [1.807, 2.05) is 54.6 Å². The Balaban J connectivity index is 1.49. The Bertz CT molecular complexity index is 912. The average Bonchev–Trinajstić information content (AvgIpc) is 2.69. The van der Waals surface area contributed by atoms with Crippen molar-refractivity contribution in [3.05, 3.63) is 90.2 Å². The van der Waals surface area contributed by atoms with Crippen molar-refractivity contribution in [2.75, 3.05) is 11.9 Å². The molecule has 0 radical (unpaired) electrons. The lowest BCUT2D eigenvalue weighted by Gasteiger charge is -2.06. The topological polar surface area (TPSA) is 62.7 Å². The van der Waals surface area contributed by atoms with Gasteiger partial charge in [0.25, 0.3) is 5.91 Å². The number of amides is 1. The third kappa shape index (κ3) is 5.97. The highest BCUT2D eigenvalue weighted by molar-refractivity contribution is 5.84. The second-order valence-electron chi connectivity index (χ2n) is 5.64. The minimum Gasteiger partial charge on any atom is -0.457 e. The summed E-state index contributed by atoms with van der Waals surface area (Å²) in [5.41, 5.74) is 3.88. The summed E-state index contributed by atoms with van der Waals surface area (Å²) in [6, 6.07) is 22.6. The molecule has 0 aliphatic carbocycles. The van der Waals surface area contributed by atoms with E-state index >= 15 is 0 Å². The number of carbonyl (C=O) groups is 1. The summed E-state index contributed by atoms with van der Waals surface area (Å²) in [6.07, 6.45) is 1.54. The number of nitrogens with one attached hydrogen (secondary N) is 2. The van der Waals surface area contributed by atoms with Crippen molar-refractivity contribution in [1.29, 1.82) is 0 Å². The van der Waals surface area contributed by atoms with Crippen LogP contribution in [-0.2, 0) is 4.79 Å². The van der Waals surface area contributed by atoms with Crippen molar-refractivity contribution in [3.63, 3.8) is 0 Å². The van der Waals surface area contributed by atoms with E-state index < -0.39 is 0 Å². The van der Waals surface area contributed by atoms with Crippen molar-refractivity contribution in [3.8, 4) is 11.5 Å². The van der Waals surface area contributed by atoms with E-state index in [0.717, 1.165) is 11.3 Å². The van der Waals surface area contributed by atoms with E-state index in [0.29, 0.717) is 11.4 Å². The normalized spacial score (nSPS) is 10.6. The number of para-hydroxylation sites is 1. The highest BCUT2D eigenvalue weighted by atomic mass is 19.1. The summed E-state index contributed by atoms with van der Waals surface area (Å²) in [5, 5.41) is 6.82. The number of rotatable bonds is 7. The van der Waals surface area contributed by atoms with Crippen LogP contribution in [0.15, 0.2) is 84.0 Å². The van der Waals surface area contributed by atoms with Crippen molar-refractivity contribution in [2.24, 2.45) is 5.10 Å². The third-order valence-corrected chi connectivity index (χ3v) is 3.54. The number of anilines is 1. The van der Waals surface area contributed by atoms with E-state index in [2.05, 4.69) is 15.8 Å². The van der Waals surface area contributed by atoms with Gasteiger partial charge in [-0.15, -0.1) is 0 Å². The van der Waals surface area contributed by atoms with Gasteiger partial charge in [0.05, 0.1) is 12.8 Å². The summed E-state index contributed by atoms with van der Waals surface area (Å²) in [4.78, 5) is 11.8. The molecule has 3 rings (SSSR count). The Morgan fingerprint density at radius 1 is 0.963 bits per heavy atom. The molecular formula is C21H18FN3O2. The van der Waals surface area contributed by atoms with Gasteiger partial charge < -0.3 is 10.1 Å². The van der Waals surface area contributed by atoms with Gasteiger partial charge in [-0.1, -0.05) is 30.3 Å². The lowest BCUT2D eigenvalue weighted by molar-refractivity contribution is -0.119. The van der Waals surface area contributed by atoms with Gasteiger partial charge in [0.1, 0.15) is 17.3 Å². The van der Waals surface area contributed by atoms with E-state index in [9.17, 15) is 9.18 Å². The van der Waals surface area contributed by atoms with E-state index in [4.69, 9.17) is 4.74 Å². The molecule has 0 spiro atoms. The molecule has 3 aromatic carbocycles. The van der Waals surface area contributed by atoms with Gasteiger partial charge in [0.2, 0.25) is 0 Å². The molecule has 136 valence electrons. The molecule has 6 heteroatoms. The quantitative estimate of drug-likeness (QED) is 0.489. The molecule has 0 saturated heterocycles. The predicted octanol–water partition coefficient (Wildman–Crippen LogP) is 4.18. The maximum absolute atomic E-state index is 12.8. The van der Waals surface area contributed by atoms with Gasteiger partial charge in [-0.3, -0.25) is 4.79 Å². The number of hydrogen-bond acceptors (Lipinski definition) is 4. The Morgan fingerprint density at radius 2 is 1.70 bits per heavy atom. The summed E-state index contributed by atoms with van der Waals surface area (Å²) >= 11 is 0. The van der Waals surface area contributed by atoms with Crippen LogP contribution in [0.1, 0.15) is 5.56 Å². The lowest BCUT2D eigenvalue weighted by atomic mass is 10.2. The fourth-order valence-electron chi connectivity index (χ4n) is 2.25. The molecule has 0 unspecified atom stereocenters. The summed E-state index contributed by atoms with van der Waals surface area (Å²) in [5.74, 6) is 0.779. The Kier molecular flexibility index (Phi) is 6.14. The van der Waals surface area contributed by atoms with Crippen LogP contribution >= 0.6 is 0 Å². The van der Waals surface area contributed by atoms with Gasteiger partial charge in [-0.05, 0) is 54.1 Å². The molecule has 0 aliphatic heterocycles.